The van der Waals surface area contributed by atoms with Crippen molar-refractivity contribution in [2.45, 2.75) is 17.5 Å². The zero-order valence-electron chi connectivity index (χ0n) is 30.5. The van der Waals surface area contributed by atoms with E-state index in [0.29, 0.717) is 0 Å². The molecule has 2 aliphatic carbocycles. The predicted octanol–water partition coefficient (Wildman–Crippen LogP) is 12.0. The fourth-order valence-electron chi connectivity index (χ4n) is 9.39. The van der Waals surface area contributed by atoms with Gasteiger partial charge < -0.3 is 5.32 Å². The number of fused-ring (bicyclic) bond motifs is 3. The Bertz CT molecular complexity index is 2550. The Kier molecular flexibility index (Phi) is 8.30. The normalized spacial score (nSPS) is 19.5. The van der Waals surface area contributed by atoms with Gasteiger partial charge in [-0.05, 0) is 50.1 Å². The van der Waals surface area contributed by atoms with Crippen molar-refractivity contribution in [3.63, 3.8) is 0 Å². The van der Waals surface area contributed by atoms with Gasteiger partial charge in [-0.15, -0.1) is 0 Å². The second-order valence-corrected chi connectivity index (χ2v) is 14.6. The number of nitrogens with zero attached hydrogens (tertiary/aromatic N) is 1. The zero-order chi connectivity index (χ0) is 36.6. The van der Waals surface area contributed by atoms with Gasteiger partial charge in [0.05, 0.1) is 16.8 Å². The number of nitrogens with one attached hydrogen (secondary N) is 1. The summed E-state index contributed by atoms with van der Waals surface area (Å²) in [4.78, 5) is 5.49. The second kappa shape index (κ2) is 13.9. The van der Waals surface area contributed by atoms with Crippen molar-refractivity contribution in [2.75, 3.05) is 0 Å². The quantitative estimate of drug-likeness (QED) is 0.175. The van der Waals surface area contributed by atoms with Crippen molar-refractivity contribution in [2.24, 2.45) is 10.9 Å². The van der Waals surface area contributed by atoms with Crippen LogP contribution in [0, 0.1) is 5.92 Å². The molecule has 1 aliphatic heterocycles. The number of rotatable bonds is 7. The topological polar surface area (TPSA) is 24.4 Å². The van der Waals surface area contributed by atoms with Gasteiger partial charge in [0.1, 0.15) is 6.17 Å². The van der Waals surface area contributed by atoms with Gasteiger partial charge in [0.25, 0.3) is 0 Å². The second-order valence-electron chi connectivity index (χ2n) is 14.6. The minimum atomic E-state index is -0.320. The molecule has 0 fully saturated rings. The van der Waals surface area contributed by atoms with E-state index in [0.717, 1.165) is 39.2 Å². The molecule has 0 amide bonds. The molecule has 7 aromatic rings. The molecular formula is C53H40N2. The summed E-state index contributed by atoms with van der Waals surface area (Å²) in [6, 6.07) is 72.5. The molecule has 55 heavy (non-hydrogen) atoms. The first kappa shape index (κ1) is 32.8. The molecule has 7 aromatic carbocycles. The standard InChI is InChI=1S/C53H40N2/c1-6-19-38(20-7-1)48-50(39-21-8-2-9-22-39)54-52(41-23-10-3-11-24-41)55-51(48)40-35-33-37(34-36-40)44-30-18-32-47-49(44)45-29-16-17-31-46(45)53(47,42-25-12-4-13-26-42)43-27-14-5-15-28-43/h1-36,47,49,52,54H. The molecule has 0 saturated carbocycles. The lowest BCUT2D eigenvalue weighted by Crippen LogP contribution is -2.35. The van der Waals surface area contributed by atoms with Gasteiger partial charge in [0.2, 0.25) is 0 Å². The lowest BCUT2D eigenvalue weighted by atomic mass is 9.62. The third-order valence-electron chi connectivity index (χ3n) is 11.7. The van der Waals surface area contributed by atoms with E-state index in [1.54, 1.807) is 0 Å². The van der Waals surface area contributed by atoms with E-state index < -0.39 is 0 Å². The Labute approximate surface area is 323 Å². The largest absolute Gasteiger partial charge is 0.359 e. The highest BCUT2D eigenvalue weighted by Gasteiger charge is 2.54. The number of aliphatic imine (C=N–C) groups is 1. The Morgan fingerprint density at radius 3 is 1.64 bits per heavy atom. The van der Waals surface area contributed by atoms with E-state index in [-0.39, 0.29) is 23.4 Å². The minimum Gasteiger partial charge on any atom is -0.359 e. The Morgan fingerprint density at radius 1 is 0.473 bits per heavy atom. The van der Waals surface area contributed by atoms with E-state index in [1.807, 2.05) is 0 Å². The molecular weight excluding hydrogens is 665 g/mol. The molecule has 1 heterocycles. The van der Waals surface area contributed by atoms with Gasteiger partial charge >= 0.3 is 0 Å². The summed E-state index contributed by atoms with van der Waals surface area (Å²) < 4.78 is 0. The van der Waals surface area contributed by atoms with Crippen molar-refractivity contribution in [3.05, 3.63) is 268 Å². The molecule has 0 spiro atoms. The first-order valence-electron chi connectivity index (χ1n) is 19.2. The number of benzene rings is 7. The van der Waals surface area contributed by atoms with Crippen LogP contribution in [0.1, 0.15) is 62.2 Å². The Balaban J connectivity index is 1.10. The van der Waals surface area contributed by atoms with Crippen molar-refractivity contribution in [1.29, 1.82) is 0 Å². The molecule has 3 aliphatic rings. The monoisotopic (exact) mass is 704 g/mol. The average molecular weight is 705 g/mol. The summed E-state index contributed by atoms with van der Waals surface area (Å²) in [6.45, 7) is 0. The smallest absolute Gasteiger partial charge is 0.145 e. The van der Waals surface area contributed by atoms with Gasteiger partial charge in [0.15, 0.2) is 0 Å². The third-order valence-corrected chi connectivity index (χ3v) is 11.7. The maximum absolute atomic E-state index is 5.49. The Morgan fingerprint density at radius 2 is 1.00 bits per heavy atom. The van der Waals surface area contributed by atoms with E-state index in [4.69, 9.17) is 4.99 Å². The Hall–Kier alpha value is -6.77. The fraction of sp³-hybridized carbons (Fsp3) is 0.0755. The molecule has 0 aromatic heterocycles. The van der Waals surface area contributed by atoms with Gasteiger partial charge in [-0.2, -0.15) is 0 Å². The van der Waals surface area contributed by atoms with Crippen LogP contribution in [0.5, 0.6) is 0 Å². The highest BCUT2D eigenvalue weighted by molar-refractivity contribution is 6.37. The lowest BCUT2D eigenvalue weighted by Gasteiger charge is -2.40. The molecule has 1 N–H and O–H groups in total. The van der Waals surface area contributed by atoms with Crippen LogP contribution in [0.25, 0.3) is 16.8 Å². The van der Waals surface area contributed by atoms with Gasteiger partial charge in [-0.3, -0.25) is 4.99 Å². The minimum absolute atomic E-state index is 0.190. The number of hydrogen-bond donors (Lipinski definition) is 1. The zero-order valence-corrected chi connectivity index (χ0v) is 30.5. The summed E-state index contributed by atoms with van der Waals surface area (Å²) in [5.41, 5.74) is 15.4. The highest BCUT2D eigenvalue weighted by Crippen LogP contribution is 2.62. The third kappa shape index (κ3) is 5.53. The molecule has 262 valence electrons. The van der Waals surface area contributed by atoms with Crippen LogP contribution in [-0.4, -0.2) is 5.71 Å². The number of allylic oxidation sites excluding steroid dienone is 5. The van der Waals surface area contributed by atoms with Crippen LogP contribution in [0.15, 0.2) is 223 Å². The van der Waals surface area contributed by atoms with Crippen LogP contribution < -0.4 is 5.32 Å². The molecule has 0 bridgehead atoms. The molecule has 2 nitrogen and oxygen atoms in total. The first-order valence-corrected chi connectivity index (χ1v) is 19.2. The van der Waals surface area contributed by atoms with Crippen LogP contribution in [0.4, 0.5) is 0 Å². The van der Waals surface area contributed by atoms with E-state index in [9.17, 15) is 0 Å². The SMILES string of the molecule is C1=CC2C(C(c3ccc(C4=NC(c5ccccc5)NC(c5ccccc5)=C4c4ccccc4)cc3)=C1)c1ccccc1C2(c1ccccc1)c1ccccc1. The lowest BCUT2D eigenvalue weighted by molar-refractivity contribution is 0.462. The summed E-state index contributed by atoms with van der Waals surface area (Å²) in [5.74, 6) is 0.395. The predicted molar refractivity (Wildman–Crippen MR) is 228 cm³/mol. The van der Waals surface area contributed by atoms with Gasteiger partial charge in [-0.25, -0.2) is 0 Å². The van der Waals surface area contributed by atoms with Gasteiger partial charge in [-0.1, -0.05) is 218 Å². The summed E-state index contributed by atoms with van der Waals surface area (Å²) >= 11 is 0. The summed E-state index contributed by atoms with van der Waals surface area (Å²) in [5, 5.41) is 3.84. The highest BCUT2D eigenvalue weighted by atomic mass is 15.1. The molecule has 3 unspecified atom stereocenters. The van der Waals surface area contributed by atoms with Gasteiger partial charge in [0, 0.05) is 23.0 Å². The molecule has 0 saturated heterocycles. The van der Waals surface area contributed by atoms with E-state index in [2.05, 4.69) is 224 Å². The van der Waals surface area contributed by atoms with Crippen LogP contribution in [0.2, 0.25) is 0 Å². The van der Waals surface area contributed by atoms with Crippen molar-refractivity contribution in [3.8, 4) is 0 Å². The van der Waals surface area contributed by atoms with Crippen LogP contribution in [-0.2, 0) is 5.41 Å². The van der Waals surface area contributed by atoms with Crippen molar-refractivity contribution < 1.29 is 0 Å². The molecule has 10 rings (SSSR count). The van der Waals surface area contributed by atoms with E-state index in [1.165, 1.54) is 33.4 Å². The van der Waals surface area contributed by atoms with Crippen molar-refractivity contribution in [1.82, 2.24) is 5.32 Å². The molecule has 3 atom stereocenters. The summed E-state index contributed by atoms with van der Waals surface area (Å²) in [6.07, 6.45) is 6.86. The molecule has 2 heteroatoms. The maximum Gasteiger partial charge on any atom is 0.145 e. The van der Waals surface area contributed by atoms with Crippen LogP contribution in [0.3, 0.4) is 0 Å². The molecule has 0 radical (unpaired) electrons. The fourth-order valence-corrected chi connectivity index (χ4v) is 9.39. The average Bonchev–Trinajstić information content (AvgIpc) is 3.59. The van der Waals surface area contributed by atoms with E-state index >= 15 is 0 Å². The first-order chi connectivity index (χ1) is 27.3. The van der Waals surface area contributed by atoms with Crippen LogP contribution >= 0.6 is 0 Å². The number of hydrogen-bond acceptors (Lipinski definition) is 2. The maximum atomic E-state index is 5.49. The summed E-state index contributed by atoms with van der Waals surface area (Å²) in [7, 11) is 0. The van der Waals surface area contributed by atoms with Crippen molar-refractivity contribution >= 4 is 22.6 Å².